The average molecular weight is 580 g/mol. The Hall–Kier alpha value is -0.452. The van der Waals surface area contributed by atoms with Gasteiger partial charge in [0.05, 0.1) is 10.6 Å². The van der Waals surface area contributed by atoms with Crippen molar-refractivity contribution in [2.24, 2.45) is 5.14 Å². The molecule has 150 valence electrons. The molecule has 1 aromatic rings. The van der Waals surface area contributed by atoms with E-state index in [1.807, 2.05) is 11.3 Å². The van der Waals surface area contributed by atoms with Crippen LogP contribution in [-0.2, 0) is 30.7 Å². The molecule has 1 heterocycles. The van der Waals surface area contributed by atoms with E-state index in [9.17, 15) is 8.78 Å². The molecule has 1 aromatic carbocycles. The Labute approximate surface area is 178 Å². The molecule has 4 nitrogen and oxygen atoms in total. The van der Waals surface area contributed by atoms with E-state index in [1.54, 1.807) is 0 Å². The summed E-state index contributed by atoms with van der Waals surface area (Å²) in [6.45, 7) is 9.89. The van der Waals surface area contributed by atoms with E-state index < -0.39 is 11.6 Å². The van der Waals surface area contributed by atoms with Gasteiger partial charge >= 0.3 is 6.15 Å². The minimum atomic E-state index is -0.781. The van der Waals surface area contributed by atoms with Gasteiger partial charge in [-0.25, -0.2) is 8.78 Å². The fraction of sp³-hybridized carbons (Fsp3) is 0.529. The molecular formula is C17H26ClF2N2O2SW-. The summed E-state index contributed by atoms with van der Waals surface area (Å²) in [5.41, 5.74) is 0.392. The van der Waals surface area contributed by atoms with Crippen LogP contribution < -0.4 is 10.0 Å². The fourth-order valence-electron chi connectivity index (χ4n) is 1.71. The van der Waals surface area contributed by atoms with Gasteiger partial charge in [-0.15, -0.1) is 6.54 Å². The van der Waals surface area contributed by atoms with Crippen molar-refractivity contribution in [3.05, 3.63) is 29.1 Å². The third kappa shape index (κ3) is 11.3. The summed E-state index contributed by atoms with van der Waals surface area (Å²) in [5, 5.41) is 5.12. The first kappa shape index (κ1) is 30.3. The molecule has 1 aliphatic heterocycles. The van der Waals surface area contributed by atoms with E-state index in [2.05, 4.69) is 27.7 Å². The number of benzene rings is 1. The van der Waals surface area contributed by atoms with Gasteiger partial charge in [0.2, 0.25) is 0 Å². The van der Waals surface area contributed by atoms with E-state index in [1.165, 1.54) is 18.9 Å². The van der Waals surface area contributed by atoms with Gasteiger partial charge in [-0.3, -0.25) is 5.14 Å². The summed E-state index contributed by atoms with van der Waals surface area (Å²) in [4.78, 5) is 17.8. The topological polar surface area (TPSA) is 63.4 Å². The van der Waals surface area contributed by atoms with Crippen LogP contribution >= 0.6 is 23.5 Å². The molecule has 0 unspecified atom stereocenters. The van der Waals surface area contributed by atoms with Crippen LogP contribution in [0.25, 0.3) is 0 Å². The number of anilines is 1. The normalized spacial score (nSPS) is 11.5. The molecule has 9 heteroatoms. The van der Waals surface area contributed by atoms with Gasteiger partial charge in [0.25, 0.3) is 0 Å². The minimum Gasteiger partial charge on any atom is -0.403 e. The predicted octanol–water partition coefficient (Wildman–Crippen LogP) is 5.24. The summed E-state index contributed by atoms with van der Waals surface area (Å²) in [6, 6.07) is 1.24. The van der Waals surface area contributed by atoms with E-state index in [-0.39, 0.29) is 37.1 Å². The smallest absolute Gasteiger partial charge is 0.373 e. The fourth-order valence-corrected chi connectivity index (χ4v) is 2.41. The molecule has 0 saturated carbocycles. The molecule has 1 aliphatic rings. The molecule has 0 spiro atoms. The minimum absolute atomic E-state index is 0. The van der Waals surface area contributed by atoms with Crippen molar-refractivity contribution in [2.75, 3.05) is 18.0 Å². The monoisotopic (exact) mass is 579 g/mol. The summed E-state index contributed by atoms with van der Waals surface area (Å²) < 4.78 is 27.2. The number of rotatable bonds is 2. The van der Waals surface area contributed by atoms with Crippen LogP contribution in [0.4, 0.5) is 14.5 Å². The number of hydrogen-bond donors (Lipinski definition) is 1. The molecule has 0 bridgehead atoms. The van der Waals surface area contributed by atoms with Crippen molar-refractivity contribution in [1.82, 2.24) is 0 Å². The summed E-state index contributed by atoms with van der Waals surface area (Å²) in [6.07, 6.45) is 5.69. The van der Waals surface area contributed by atoms with Crippen molar-refractivity contribution in [3.8, 4) is 0 Å². The van der Waals surface area contributed by atoms with E-state index in [4.69, 9.17) is 26.3 Å². The molecule has 0 atom stereocenters. The largest absolute Gasteiger partial charge is 0.403 e. The zero-order chi connectivity index (χ0) is 19.8. The van der Waals surface area contributed by atoms with Crippen LogP contribution in [0.5, 0.6) is 0 Å². The molecule has 1 fully saturated rings. The molecule has 1 saturated heterocycles. The standard InChI is InChI=1S/C10H10ClF2N2S.2C3H8.CO2.W/c11-8-7(15-3-1-2-4-15)5-6(12)10(16-14)9(8)13;2*1-3-2;2-1-3;/h1,5H,2-4,14H2;2*3H2,1-2H3;;/q-1;;;;. The SMILES string of the molecule is CCC.CCC.NSc1c(F)cc(N2C[CH-]CC2)c(Cl)c1F.O=C=O.[W]. The number of nitrogens with two attached hydrogens (primary N) is 1. The molecule has 0 radical (unpaired) electrons. The Balaban J connectivity index is -0.000000451. The molecule has 0 amide bonds. The molecule has 26 heavy (non-hydrogen) atoms. The summed E-state index contributed by atoms with van der Waals surface area (Å²) in [7, 11) is 0. The number of carbonyl (C=O) groups excluding carboxylic acids is 2. The molecule has 2 rings (SSSR count). The van der Waals surface area contributed by atoms with Gasteiger partial charge in [-0.05, 0) is 18.5 Å². The molecular weight excluding hydrogens is 554 g/mol. The van der Waals surface area contributed by atoms with Crippen LogP contribution in [0.2, 0.25) is 5.02 Å². The second kappa shape index (κ2) is 19.3. The summed E-state index contributed by atoms with van der Waals surface area (Å²) in [5.74, 6) is -1.45. The van der Waals surface area contributed by atoms with Gasteiger partial charge in [0.1, 0.15) is 10.8 Å². The van der Waals surface area contributed by atoms with Crippen LogP contribution in [0.15, 0.2) is 11.0 Å². The van der Waals surface area contributed by atoms with Gasteiger partial charge < -0.3 is 11.3 Å². The quantitative estimate of drug-likeness (QED) is 0.295. The summed E-state index contributed by atoms with van der Waals surface area (Å²) >= 11 is 6.39. The first-order valence-electron chi connectivity index (χ1n) is 7.99. The van der Waals surface area contributed by atoms with Crippen LogP contribution in [0, 0.1) is 18.1 Å². The third-order valence-corrected chi connectivity index (χ3v) is 3.48. The Kier molecular flexibility index (Phi) is 22.5. The van der Waals surface area contributed by atoms with Crippen molar-refractivity contribution in [1.29, 1.82) is 0 Å². The molecule has 0 aromatic heterocycles. The van der Waals surface area contributed by atoms with Crippen molar-refractivity contribution >= 4 is 35.4 Å². The Bertz CT molecular complexity index is 526. The zero-order valence-corrected chi connectivity index (χ0v) is 20.0. The van der Waals surface area contributed by atoms with Crippen molar-refractivity contribution in [3.63, 3.8) is 0 Å². The number of halogens is 3. The Morgan fingerprint density at radius 1 is 1.27 bits per heavy atom. The average Bonchev–Trinajstić information content (AvgIpc) is 3.08. The zero-order valence-electron chi connectivity index (χ0n) is 15.5. The van der Waals surface area contributed by atoms with E-state index in [0.717, 1.165) is 13.0 Å². The maximum atomic E-state index is 13.7. The van der Waals surface area contributed by atoms with Crippen molar-refractivity contribution < 1.29 is 39.4 Å². The van der Waals surface area contributed by atoms with Crippen molar-refractivity contribution in [2.45, 2.75) is 51.9 Å². The predicted molar refractivity (Wildman–Crippen MR) is 99.5 cm³/mol. The second-order valence-corrected chi connectivity index (χ2v) is 6.00. The van der Waals surface area contributed by atoms with E-state index in [0.29, 0.717) is 24.2 Å². The van der Waals surface area contributed by atoms with Gasteiger partial charge in [0, 0.05) is 27.1 Å². The first-order chi connectivity index (χ1) is 11.9. The maximum Gasteiger partial charge on any atom is 0.373 e. The van der Waals surface area contributed by atoms with E-state index >= 15 is 0 Å². The molecule has 2 N–H and O–H groups in total. The molecule has 0 aliphatic carbocycles. The third-order valence-electron chi connectivity index (χ3n) is 2.51. The van der Waals surface area contributed by atoms with Crippen LogP contribution in [0.1, 0.15) is 47.0 Å². The maximum absolute atomic E-state index is 13.7. The van der Waals surface area contributed by atoms with Crippen LogP contribution in [0.3, 0.4) is 0 Å². The van der Waals surface area contributed by atoms with Crippen LogP contribution in [-0.4, -0.2) is 19.2 Å². The second-order valence-electron chi connectivity index (χ2n) is 4.97. The number of nitrogens with zero attached hydrogens (tertiary/aromatic N) is 1. The van der Waals surface area contributed by atoms with Gasteiger partial charge in [-0.1, -0.05) is 52.1 Å². The van der Waals surface area contributed by atoms with Gasteiger partial charge in [0.15, 0.2) is 5.82 Å². The Morgan fingerprint density at radius 2 is 1.73 bits per heavy atom. The first-order valence-corrected chi connectivity index (χ1v) is 9.25. The Morgan fingerprint density at radius 3 is 2.08 bits per heavy atom. The van der Waals surface area contributed by atoms with Gasteiger partial charge in [-0.2, -0.15) is 16.0 Å². The number of hydrogen-bond acceptors (Lipinski definition) is 5.